The summed E-state index contributed by atoms with van der Waals surface area (Å²) < 4.78 is 1.25. The van der Waals surface area contributed by atoms with Gasteiger partial charge in [-0.25, -0.2) is 0 Å². The highest BCUT2D eigenvalue weighted by atomic mass is 127. The van der Waals surface area contributed by atoms with Gasteiger partial charge >= 0.3 is 0 Å². The van der Waals surface area contributed by atoms with E-state index in [0.29, 0.717) is 0 Å². The lowest BCUT2D eigenvalue weighted by molar-refractivity contribution is 1.41. The van der Waals surface area contributed by atoms with Crippen molar-refractivity contribution in [3.63, 3.8) is 0 Å². The van der Waals surface area contributed by atoms with Crippen molar-refractivity contribution in [3.8, 4) is 0 Å². The Morgan fingerprint density at radius 3 is 2.67 bits per heavy atom. The van der Waals surface area contributed by atoms with E-state index >= 15 is 0 Å². The largest absolute Gasteiger partial charge is 0.256 e. The van der Waals surface area contributed by atoms with Crippen molar-refractivity contribution in [2.24, 2.45) is 0 Å². The molecule has 72 valence electrons. The van der Waals surface area contributed by atoms with Crippen molar-refractivity contribution in [1.29, 1.82) is 0 Å². The second-order valence-corrected chi connectivity index (χ2v) is 4.64. The van der Waals surface area contributed by atoms with E-state index < -0.39 is 0 Å². The van der Waals surface area contributed by atoms with Gasteiger partial charge < -0.3 is 0 Å². The summed E-state index contributed by atoms with van der Waals surface area (Å²) in [6.07, 6.45) is 1.87. The molecule has 0 aliphatic carbocycles. The van der Waals surface area contributed by atoms with E-state index in [1.807, 2.05) is 12.3 Å². The molecule has 0 spiro atoms. The van der Waals surface area contributed by atoms with Gasteiger partial charge in [0.2, 0.25) is 0 Å². The van der Waals surface area contributed by atoms with Crippen LogP contribution in [0.1, 0.15) is 0 Å². The topological polar surface area (TPSA) is 12.9 Å². The molecule has 0 aliphatic rings. The van der Waals surface area contributed by atoms with Gasteiger partial charge in [0.05, 0.1) is 5.52 Å². The maximum Gasteiger partial charge on any atom is 0.0790 e. The number of halogens is 1. The van der Waals surface area contributed by atoms with Crippen LogP contribution in [0, 0.1) is 3.57 Å². The van der Waals surface area contributed by atoms with Crippen LogP contribution < -0.4 is 0 Å². The van der Waals surface area contributed by atoms with Crippen molar-refractivity contribution in [2.75, 3.05) is 0 Å². The summed E-state index contributed by atoms with van der Waals surface area (Å²) >= 11 is 2.35. The molecule has 1 heterocycles. The highest BCUT2D eigenvalue weighted by Gasteiger charge is 2.02. The zero-order chi connectivity index (χ0) is 10.3. The Morgan fingerprint density at radius 2 is 1.73 bits per heavy atom. The van der Waals surface area contributed by atoms with E-state index in [1.165, 1.54) is 19.7 Å². The molecule has 0 saturated carbocycles. The van der Waals surface area contributed by atoms with E-state index in [-0.39, 0.29) is 0 Å². The molecule has 1 aromatic heterocycles. The van der Waals surface area contributed by atoms with E-state index in [9.17, 15) is 0 Å². The van der Waals surface area contributed by atoms with Gasteiger partial charge in [-0.15, -0.1) is 0 Å². The number of aromatic nitrogens is 1. The minimum atomic E-state index is 1.10. The fourth-order valence-electron chi connectivity index (χ4n) is 1.85. The van der Waals surface area contributed by atoms with Gasteiger partial charge in [0.1, 0.15) is 0 Å². The third-order valence-electron chi connectivity index (χ3n) is 2.58. The fraction of sp³-hybridized carbons (Fsp3) is 0. The number of pyridine rings is 1. The van der Waals surface area contributed by atoms with Crippen molar-refractivity contribution in [1.82, 2.24) is 4.98 Å². The van der Waals surface area contributed by atoms with Crippen molar-refractivity contribution in [2.45, 2.75) is 0 Å². The molecule has 0 fully saturated rings. The first kappa shape index (κ1) is 9.09. The van der Waals surface area contributed by atoms with Gasteiger partial charge in [-0.2, -0.15) is 0 Å². The Balaban J connectivity index is 2.60. The summed E-state index contributed by atoms with van der Waals surface area (Å²) in [5.41, 5.74) is 1.10. The normalized spacial score (nSPS) is 11.0. The highest BCUT2D eigenvalue weighted by molar-refractivity contribution is 14.1. The van der Waals surface area contributed by atoms with Crippen LogP contribution in [-0.4, -0.2) is 4.98 Å². The van der Waals surface area contributed by atoms with Crippen LogP contribution in [0.25, 0.3) is 21.7 Å². The Labute approximate surface area is 101 Å². The van der Waals surface area contributed by atoms with Gasteiger partial charge in [0.25, 0.3) is 0 Å². The maximum atomic E-state index is 4.47. The number of hydrogen-bond acceptors (Lipinski definition) is 1. The number of hydrogen-bond donors (Lipinski definition) is 0. The molecule has 0 amide bonds. The summed E-state index contributed by atoms with van der Waals surface area (Å²) in [6, 6.07) is 14.7. The number of benzene rings is 2. The van der Waals surface area contributed by atoms with E-state index in [1.54, 1.807) is 0 Å². The molecular weight excluding hydrogens is 297 g/mol. The average Bonchev–Trinajstić information content (AvgIpc) is 2.29. The van der Waals surface area contributed by atoms with Crippen LogP contribution in [0.15, 0.2) is 48.7 Å². The van der Waals surface area contributed by atoms with Crippen LogP contribution >= 0.6 is 22.6 Å². The standard InChI is InChI=1S/C13H8IN/c14-12-7-8-15-13-10-4-2-1-3-9(10)5-6-11(12)13/h1-8H. The molecular formula is C13H8IN. The minimum absolute atomic E-state index is 1.10. The molecule has 2 aromatic carbocycles. The van der Waals surface area contributed by atoms with Crippen molar-refractivity contribution in [3.05, 3.63) is 52.2 Å². The van der Waals surface area contributed by atoms with Crippen LogP contribution in [0.4, 0.5) is 0 Å². The van der Waals surface area contributed by atoms with Gasteiger partial charge in [0.15, 0.2) is 0 Å². The first-order valence-corrected chi connectivity index (χ1v) is 5.86. The quantitative estimate of drug-likeness (QED) is 0.452. The third-order valence-corrected chi connectivity index (χ3v) is 3.52. The van der Waals surface area contributed by atoms with Gasteiger partial charge in [-0.1, -0.05) is 36.4 Å². The zero-order valence-electron chi connectivity index (χ0n) is 7.94. The van der Waals surface area contributed by atoms with Crippen LogP contribution in [-0.2, 0) is 0 Å². The summed E-state index contributed by atoms with van der Waals surface area (Å²) in [7, 11) is 0. The van der Waals surface area contributed by atoms with Gasteiger partial charge in [-0.3, -0.25) is 4.98 Å². The Morgan fingerprint density at radius 1 is 0.867 bits per heavy atom. The molecule has 2 heteroatoms. The summed E-state index contributed by atoms with van der Waals surface area (Å²) in [5, 5.41) is 3.71. The lowest BCUT2D eigenvalue weighted by Gasteiger charge is -2.03. The second-order valence-electron chi connectivity index (χ2n) is 3.48. The maximum absolute atomic E-state index is 4.47. The molecule has 0 radical (unpaired) electrons. The Hall–Kier alpha value is -1.16. The van der Waals surface area contributed by atoms with Crippen LogP contribution in [0.3, 0.4) is 0 Å². The molecule has 0 atom stereocenters. The van der Waals surface area contributed by atoms with Gasteiger partial charge in [0, 0.05) is 20.5 Å². The van der Waals surface area contributed by atoms with E-state index in [2.05, 4.69) is 64.0 Å². The molecule has 1 nitrogen and oxygen atoms in total. The number of rotatable bonds is 0. The monoisotopic (exact) mass is 305 g/mol. The highest BCUT2D eigenvalue weighted by Crippen LogP contribution is 2.26. The predicted octanol–water partition coefficient (Wildman–Crippen LogP) is 3.99. The average molecular weight is 305 g/mol. The molecule has 15 heavy (non-hydrogen) atoms. The molecule has 0 bridgehead atoms. The second kappa shape index (κ2) is 3.45. The Bertz CT molecular complexity index is 646. The first-order valence-electron chi connectivity index (χ1n) is 4.78. The third kappa shape index (κ3) is 1.40. The molecule has 0 aliphatic heterocycles. The number of fused-ring (bicyclic) bond motifs is 3. The van der Waals surface area contributed by atoms with Gasteiger partial charge in [-0.05, 0) is 34.0 Å². The minimum Gasteiger partial charge on any atom is -0.256 e. The first-order chi connectivity index (χ1) is 7.36. The Kier molecular flexibility index (Phi) is 2.09. The van der Waals surface area contributed by atoms with E-state index in [4.69, 9.17) is 0 Å². The number of nitrogens with zero attached hydrogens (tertiary/aromatic N) is 1. The van der Waals surface area contributed by atoms with Crippen LogP contribution in [0.5, 0.6) is 0 Å². The SMILES string of the molecule is Ic1ccnc2c1ccc1ccccc12. The van der Waals surface area contributed by atoms with Crippen molar-refractivity contribution < 1.29 is 0 Å². The molecule has 3 rings (SSSR count). The van der Waals surface area contributed by atoms with E-state index in [0.717, 1.165) is 5.52 Å². The lowest BCUT2D eigenvalue weighted by Crippen LogP contribution is -1.83. The molecule has 0 N–H and O–H groups in total. The summed E-state index contributed by atoms with van der Waals surface area (Å²) in [5.74, 6) is 0. The summed E-state index contributed by atoms with van der Waals surface area (Å²) in [4.78, 5) is 4.47. The zero-order valence-corrected chi connectivity index (χ0v) is 10.1. The summed E-state index contributed by atoms with van der Waals surface area (Å²) in [6.45, 7) is 0. The molecule has 0 saturated heterocycles. The smallest absolute Gasteiger partial charge is 0.0790 e. The lowest BCUT2D eigenvalue weighted by atomic mass is 10.1. The predicted molar refractivity (Wildman–Crippen MR) is 72.0 cm³/mol. The molecule has 0 unspecified atom stereocenters. The fourth-order valence-corrected chi connectivity index (χ4v) is 2.45. The molecule has 3 aromatic rings. The van der Waals surface area contributed by atoms with Crippen LogP contribution in [0.2, 0.25) is 0 Å². The van der Waals surface area contributed by atoms with Crippen molar-refractivity contribution >= 4 is 44.3 Å².